The van der Waals surface area contributed by atoms with Crippen LogP contribution in [0.15, 0.2) is 0 Å². The molecule has 0 N–H and O–H groups in total. The van der Waals surface area contributed by atoms with Gasteiger partial charge in [0.2, 0.25) is 0 Å². The van der Waals surface area contributed by atoms with E-state index in [1.165, 1.54) is 32.2 Å². The number of unbranched alkanes of at least 4 members (excludes halogenated alkanes) is 3. The molecule has 1 aliphatic rings. The van der Waals surface area contributed by atoms with Gasteiger partial charge in [0.25, 0.3) is 0 Å². The van der Waals surface area contributed by atoms with Crippen molar-refractivity contribution in [1.29, 1.82) is 5.26 Å². The van der Waals surface area contributed by atoms with Crippen LogP contribution in [-0.4, -0.2) is 48.1 Å². The van der Waals surface area contributed by atoms with Gasteiger partial charge in [-0.3, -0.25) is 4.90 Å². The van der Waals surface area contributed by atoms with Crippen LogP contribution in [-0.2, 0) is 0 Å². The summed E-state index contributed by atoms with van der Waals surface area (Å²) in [6.07, 6.45) is 5.36. The predicted octanol–water partition coefficient (Wildman–Crippen LogP) is 2.49. The third-order valence-electron chi connectivity index (χ3n) is 3.76. The Hall–Kier alpha value is -0.590. The zero-order chi connectivity index (χ0) is 12.7. The van der Waals surface area contributed by atoms with Gasteiger partial charge in [-0.2, -0.15) is 5.26 Å². The van der Waals surface area contributed by atoms with Crippen LogP contribution in [0.2, 0.25) is 0 Å². The van der Waals surface area contributed by atoms with Gasteiger partial charge in [0.05, 0.1) is 6.07 Å². The van der Waals surface area contributed by atoms with Crippen molar-refractivity contribution in [3.05, 3.63) is 0 Å². The number of piperazine rings is 1. The van der Waals surface area contributed by atoms with E-state index >= 15 is 0 Å². The van der Waals surface area contributed by atoms with Crippen LogP contribution in [0.5, 0.6) is 0 Å². The molecule has 0 radical (unpaired) electrons. The molecule has 1 saturated heterocycles. The van der Waals surface area contributed by atoms with Gasteiger partial charge in [0.15, 0.2) is 0 Å². The van der Waals surface area contributed by atoms with E-state index in [1.54, 1.807) is 0 Å². The summed E-state index contributed by atoms with van der Waals surface area (Å²) >= 11 is 0. The molecule has 1 rings (SSSR count). The van der Waals surface area contributed by atoms with Gasteiger partial charge in [-0.25, -0.2) is 0 Å². The molecule has 98 valence electrons. The average Bonchev–Trinajstić information content (AvgIpc) is 2.35. The molecule has 0 aromatic heterocycles. The molecule has 0 bridgehead atoms. The highest BCUT2D eigenvalue weighted by atomic mass is 15.3. The minimum absolute atomic E-state index is 0.297. The topological polar surface area (TPSA) is 30.3 Å². The molecule has 0 atom stereocenters. The van der Waals surface area contributed by atoms with E-state index in [-0.39, 0.29) is 5.54 Å². The number of nitriles is 1. The standard InChI is InChI=1S/C14H27N3/c1-4-5-6-7-8-16-9-11-17(12-10-16)14(2,3)13-15/h4-12H2,1-3H3. The fraction of sp³-hybridized carbons (Fsp3) is 0.929. The summed E-state index contributed by atoms with van der Waals surface area (Å²) in [5, 5.41) is 9.11. The molecule has 3 nitrogen and oxygen atoms in total. The molecule has 0 aromatic rings. The Labute approximate surface area is 106 Å². The maximum atomic E-state index is 9.11. The van der Waals surface area contributed by atoms with Gasteiger partial charge in [-0.1, -0.05) is 26.2 Å². The first kappa shape index (κ1) is 14.5. The Balaban J connectivity index is 2.20. The van der Waals surface area contributed by atoms with E-state index < -0.39 is 0 Å². The van der Waals surface area contributed by atoms with Gasteiger partial charge in [0, 0.05) is 26.2 Å². The minimum atomic E-state index is -0.297. The summed E-state index contributed by atoms with van der Waals surface area (Å²) in [5.41, 5.74) is -0.297. The largest absolute Gasteiger partial charge is 0.301 e. The highest BCUT2D eigenvalue weighted by molar-refractivity contribution is 5.02. The third-order valence-corrected chi connectivity index (χ3v) is 3.76. The number of hydrogen-bond donors (Lipinski definition) is 0. The molecule has 1 fully saturated rings. The molecule has 0 aromatic carbocycles. The molecule has 0 spiro atoms. The SMILES string of the molecule is CCCCCCN1CCN(C(C)(C)C#N)CC1. The van der Waals surface area contributed by atoms with Crippen molar-refractivity contribution in [3.63, 3.8) is 0 Å². The van der Waals surface area contributed by atoms with Gasteiger partial charge in [0.1, 0.15) is 5.54 Å². The lowest BCUT2D eigenvalue weighted by Crippen LogP contribution is -2.54. The molecule has 0 amide bonds. The van der Waals surface area contributed by atoms with Crippen molar-refractivity contribution < 1.29 is 0 Å². The zero-order valence-corrected chi connectivity index (χ0v) is 11.7. The van der Waals surface area contributed by atoms with E-state index in [2.05, 4.69) is 22.8 Å². The number of rotatable bonds is 6. The lowest BCUT2D eigenvalue weighted by Gasteiger charge is -2.40. The normalized spacial score (nSPS) is 19.2. The monoisotopic (exact) mass is 237 g/mol. The van der Waals surface area contributed by atoms with Crippen molar-refractivity contribution in [2.24, 2.45) is 0 Å². The average molecular weight is 237 g/mol. The predicted molar refractivity (Wildman–Crippen MR) is 71.8 cm³/mol. The van der Waals surface area contributed by atoms with Crippen molar-refractivity contribution in [2.45, 2.75) is 52.0 Å². The van der Waals surface area contributed by atoms with Crippen molar-refractivity contribution >= 4 is 0 Å². The molecular weight excluding hydrogens is 210 g/mol. The van der Waals surface area contributed by atoms with Crippen LogP contribution in [0.3, 0.4) is 0 Å². The van der Waals surface area contributed by atoms with Crippen LogP contribution < -0.4 is 0 Å². The Bertz CT molecular complexity index is 247. The molecule has 1 heterocycles. The molecular formula is C14H27N3. The highest BCUT2D eigenvalue weighted by Crippen LogP contribution is 2.16. The van der Waals surface area contributed by atoms with Gasteiger partial charge in [-0.15, -0.1) is 0 Å². The summed E-state index contributed by atoms with van der Waals surface area (Å²) in [6.45, 7) is 11.8. The van der Waals surface area contributed by atoms with Crippen LogP contribution in [0.4, 0.5) is 0 Å². The summed E-state index contributed by atoms with van der Waals surface area (Å²) < 4.78 is 0. The van der Waals surface area contributed by atoms with Crippen LogP contribution in [0, 0.1) is 11.3 Å². The van der Waals surface area contributed by atoms with Crippen molar-refractivity contribution in [1.82, 2.24) is 9.80 Å². The Morgan fingerprint density at radius 2 is 1.71 bits per heavy atom. The minimum Gasteiger partial charge on any atom is -0.301 e. The van der Waals surface area contributed by atoms with Gasteiger partial charge < -0.3 is 4.90 Å². The fourth-order valence-corrected chi connectivity index (χ4v) is 2.36. The summed E-state index contributed by atoms with van der Waals surface area (Å²) in [4.78, 5) is 4.84. The third kappa shape index (κ3) is 4.65. The highest BCUT2D eigenvalue weighted by Gasteiger charge is 2.29. The molecule has 3 heteroatoms. The summed E-state index contributed by atoms with van der Waals surface area (Å²) in [6, 6.07) is 2.39. The second-order valence-electron chi connectivity index (χ2n) is 5.56. The first-order valence-electron chi connectivity index (χ1n) is 6.99. The maximum absolute atomic E-state index is 9.11. The van der Waals surface area contributed by atoms with Crippen LogP contribution in [0.1, 0.15) is 46.5 Å². The molecule has 0 unspecified atom stereocenters. The van der Waals surface area contributed by atoms with E-state index in [0.717, 1.165) is 26.2 Å². The number of hydrogen-bond acceptors (Lipinski definition) is 3. The Morgan fingerprint density at radius 3 is 2.24 bits per heavy atom. The summed E-state index contributed by atoms with van der Waals surface area (Å²) in [7, 11) is 0. The smallest absolute Gasteiger partial charge is 0.103 e. The lowest BCUT2D eigenvalue weighted by atomic mass is 10.0. The fourth-order valence-electron chi connectivity index (χ4n) is 2.36. The molecule has 0 aliphatic carbocycles. The zero-order valence-electron chi connectivity index (χ0n) is 11.7. The van der Waals surface area contributed by atoms with Crippen molar-refractivity contribution in [3.8, 4) is 6.07 Å². The maximum Gasteiger partial charge on any atom is 0.103 e. The van der Waals surface area contributed by atoms with E-state index in [9.17, 15) is 0 Å². The van der Waals surface area contributed by atoms with Gasteiger partial charge in [-0.05, 0) is 26.8 Å². The van der Waals surface area contributed by atoms with Gasteiger partial charge >= 0.3 is 0 Å². The second-order valence-corrected chi connectivity index (χ2v) is 5.56. The lowest BCUT2D eigenvalue weighted by molar-refractivity contribution is 0.0792. The van der Waals surface area contributed by atoms with E-state index in [1.807, 2.05) is 13.8 Å². The van der Waals surface area contributed by atoms with Crippen LogP contribution in [0.25, 0.3) is 0 Å². The van der Waals surface area contributed by atoms with E-state index in [4.69, 9.17) is 5.26 Å². The first-order valence-corrected chi connectivity index (χ1v) is 6.99. The second kappa shape index (κ2) is 6.98. The number of nitrogens with zero attached hydrogens (tertiary/aromatic N) is 3. The molecule has 0 saturated carbocycles. The molecule has 1 aliphatic heterocycles. The Morgan fingerprint density at radius 1 is 1.06 bits per heavy atom. The van der Waals surface area contributed by atoms with Crippen molar-refractivity contribution in [2.75, 3.05) is 32.7 Å². The first-order chi connectivity index (χ1) is 8.10. The van der Waals surface area contributed by atoms with E-state index in [0.29, 0.717) is 0 Å². The molecule has 17 heavy (non-hydrogen) atoms. The Kier molecular flexibility index (Phi) is 5.94. The quantitative estimate of drug-likeness (QED) is 0.665. The summed E-state index contributed by atoms with van der Waals surface area (Å²) in [5.74, 6) is 0. The van der Waals surface area contributed by atoms with Crippen LogP contribution >= 0.6 is 0 Å².